The van der Waals surface area contributed by atoms with Gasteiger partial charge >= 0.3 is 6.09 Å². The van der Waals surface area contributed by atoms with E-state index >= 15 is 0 Å². The molecular weight excluding hydrogens is 532 g/mol. The van der Waals surface area contributed by atoms with Crippen molar-refractivity contribution in [2.45, 2.75) is 51.0 Å². The van der Waals surface area contributed by atoms with Crippen molar-refractivity contribution in [3.05, 3.63) is 40.9 Å². The summed E-state index contributed by atoms with van der Waals surface area (Å²) in [5.41, 5.74) is 6.64. The van der Waals surface area contributed by atoms with Crippen LogP contribution < -0.4 is 15.8 Å². The van der Waals surface area contributed by atoms with E-state index in [9.17, 15) is 18.0 Å². The third kappa shape index (κ3) is 8.26. The molecule has 2 aromatic rings. The second kappa shape index (κ2) is 12.4. The van der Waals surface area contributed by atoms with Crippen molar-refractivity contribution in [2.75, 3.05) is 24.4 Å². The molecule has 1 aliphatic rings. The van der Waals surface area contributed by atoms with Gasteiger partial charge in [-0.05, 0) is 45.4 Å². The number of aromatic nitrogens is 1. The number of hydrogen-bond donors (Lipinski definition) is 3. The molecule has 2 amide bonds. The van der Waals surface area contributed by atoms with Crippen LogP contribution in [0.5, 0.6) is 0 Å². The number of hydrogen-bond acceptors (Lipinski definition) is 10. The summed E-state index contributed by atoms with van der Waals surface area (Å²) in [5, 5.41) is 5.70. The fourth-order valence-corrected chi connectivity index (χ4v) is 5.14. The van der Waals surface area contributed by atoms with Crippen LogP contribution in [0, 0.1) is 0 Å². The fourth-order valence-electron chi connectivity index (χ4n) is 3.33. The first kappa shape index (κ1) is 29.1. The van der Waals surface area contributed by atoms with E-state index < -0.39 is 27.6 Å². The number of rotatable bonds is 10. The third-order valence-electron chi connectivity index (χ3n) is 4.88. The van der Waals surface area contributed by atoms with Gasteiger partial charge in [0.25, 0.3) is 15.9 Å². The van der Waals surface area contributed by atoms with Crippen LogP contribution in [0.4, 0.5) is 15.6 Å². The quantitative estimate of drug-likeness (QED) is 0.292. The molecule has 1 aromatic heterocycles. The summed E-state index contributed by atoms with van der Waals surface area (Å²) >= 11 is 1.16. The van der Waals surface area contributed by atoms with Gasteiger partial charge in [-0.2, -0.15) is 0 Å². The zero-order valence-electron chi connectivity index (χ0n) is 21.7. The summed E-state index contributed by atoms with van der Waals surface area (Å²) < 4.78 is 33.1. The number of amides is 2. The molecule has 4 N–H and O–H groups in total. The van der Waals surface area contributed by atoms with Gasteiger partial charge in [0, 0.05) is 42.2 Å². The number of fused-ring (bicyclic) bond motifs is 1. The molecule has 1 aliphatic heterocycles. The summed E-state index contributed by atoms with van der Waals surface area (Å²) in [6, 6.07) is 4.38. The Hall–Kier alpha value is -3.49. The summed E-state index contributed by atoms with van der Waals surface area (Å²) in [7, 11) is -3.89. The number of carbonyl (C=O) groups excluding carboxylic acids is 2. The molecule has 0 saturated carbocycles. The predicted octanol–water partition coefficient (Wildman–Crippen LogP) is 3.41. The maximum absolute atomic E-state index is 13.3. The number of anilines is 1. The Balaban J connectivity index is 1.73. The minimum atomic E-state index is -3.89. The Labute approximate surface area is 225 Å². The molecule has 38 heavy (non-hydrogen) atoms. The normalized spacial score (nSPS) is 13.5. The van der Waals surface area contributed by atoms with Crippen LogP contribution in [0.1, 0.15) is 46.1 Å². The molecule has 0 aliphatic carbocycles. The number of carbonyl (C=O) groups is 2. The highest BCUT2D eigenvalue weighted by atomic mass is 32.2. The molecule has 0 bridgehead atoms. The number of sulfonamides is 1. The number of nitrogens with zero attached hydrogens (tertiary/aromatic N) is 3. The molecule has 0 radical (unpaired) electrons. The largest absolute Gasteiger partial charge is 0.444 e. The summed E-state index contributed by atoms with van der Waals surface area (Å²) in [5.74, 6) is -0.258. The number of hydroxylamine groups is 2. The summed E-state index contributed by atoms with van der Waals surface area (Å²) in [4.78, 5) is 39.1. The standard InChI is InChI=1S/C24H32N6O6S2/c1-5-10-30(35-11-8-27-23(32)36-24(2,3)4)21(31)17-13-16-6-7-18(15-19(16)28-20(25)14-17)38(33,34)29-22-26-9-12-37-22/h6-7,9,12-13,15H,5,8,10-11,14H2,1-4H3,(H2,25,28)(H,26,29)(H,27,32). The second-order valence-electron chi connectivity index (χ2n) is 9.28. The molecule has 0 atom stereocenters. The smallest absolute Gasteiger partial charge is 0.407 e. The first-order valence-electron chi connectivity index (χ1n) is 11.9. The Morgan fingerprint density at radius 3 is 2.68 bits per heavy atom. The van der Waals surface area contributed by atoms with E-state index in [4.69, 9.17) is 15.3 Å². The van der Waals surface area contributed by atoms with Crippen LogP contribution in [0.2, 0.25) is 0 Å². The van der Waals surface area contributed by atoms with Crippen molar-refractivity contribution in [3.63, 3.8) is 0 Å². The van der Waals surface area contributed by atoms with Gasteiger partial charge in [-0.1, -0.05) is 13.0 Å². The van der Waals surface area contributed by atoms with Crippen LogP contribution in [0.15, 0.2) is 45.2 Å². The van der Waals surface area contributed by atoms with Gasteiger partial charge in [0.1, 0.15) is 11.4 Å². The lowest BCUT2D eigenvalue weighted by atomic mass is 10.1. The van der Waals surface area contributed by atoms with E-state index in [1.54, 1.807) is 38.3 Å². The molecule has 0 spiro atoms. The number of nitrogens with two attached hydrogens (primary N) is 1. The van der Waals surface area contributed by atoms with Gasteiger partial charge in [0.2, 0.25) is 0 Å². The maximum Gasteiger partial charge on any atom is 0.407 e. The molecule has 0 fully saturated rings. The minimum Gasteiger partial charge on any atom is -0.444 e. The number of thiazole rings is 1. The topological polar surface area (TPSA) is 165 Å². The molecule has 14 heteroatoms. The second-order valence-corrected chi connectivity index (χ2v) is 11.9. The van der Waals surface area contributed by atoms with Crippen LogP contribution >= 0.6 is 11.3 Å². The van der Waals surface area contributed by atoms with Crippen molar-refractivity contribution in [1.29, 1.82) is 0 Å². The molecule has 3 rings (SSSR count). The van der Waals surface area contributed by atoms with Crippen molar-refractivity contribution < 1.29 is 27.6 Å². The van der Waals surface area contributed by atoms with Crippen LogP contribution in [0.25, 0.3) is 6.08 Å². The average Bonchev–Trinajstić information content (AvgIpc) is 3.25. The highest BCUT2D eigenvalue weighted by molar-refractivity contribution is 7.93. The van der Waals surface area contributed by atoms with E-state index in [-0.39, 0.29) is 35.4 Å². The van der Waals surface area contributed by atoms with E-state index in [1.165, 1.54) is 23.4 Å². The lowest BCUT2D eigenvalue weighted by Gasteiger charge is -2.23. The van der Waals surface area contributed by atoms with Crippen molar-refractivity contribution in [1.82, 2.24) is 15.4 Å². The van der Waals surface area contributed by atoms with E-state index in [0.717, 1.165) is 11.3 Å². The van der Waals surface area contributed by atoms with Gasteiger partial charge in [-0.15, -0.1) is 11.3 Å². The van der Waals surface area contributed by atoms with E-state index in [2.05, 4.69) is 20.0 Å². The van der Waals surface area contributed by atoms with Gasteiger partial charge in [0.05, 0.1) is 17.2 Å². The summed E-state index contributed by atoms with van der Waals surface area (Å²) in [6.45, 7) is 7.68. The highest BCUT2D eigenvalue weighted by Gasteiger charge is 2.24. The van der Waals surface area contributed by atoms with Gasteiger partial charge < -0.3 is 15.8 Å². The number of benzene rings is 1. The fraction of sp³-hybridized carbons (Fsp3) is 0.417. The Kier molecular flexibility index (Phi) is 9.46. The lowest BCUT2D eigenvalue weighted by molar-refractivity contribution is -0.181. The molecule has 0 saturated heterocycles. The predicted molar refractivity (Wildman–Crippen MR) is 145 cm³/mol. The molecular formula is C24H32N6O6S2. The van der Waals surface area contributed by atoms with Crippen LogP contribution in [0.3, 0.4) is 0 Å². The molecule has 0 unspecified atom stereocenters. The van der Waals surface area contributed by atoms with Gasteiger partial charge in [-0.3, -0.25) is 14.4 Å². The van der Waals surface area contributed by atoms with E-state index in [0.29, 0.717) is 29.8 Å². The molecule has 1 aromatic carbocycles. The van der Waals surface area contributed by atoms with Crippen LogP contribution in [-0.4, -0.2) is 61.6 Å². The number of aliphatic imine (C=N–C) groups is 1. The first-order chi connectivity index (χ1) is 17.9. The lowest BCUT2D eigenvalue weighted by Crippen LogP contribution is -2.38. The molecule has 206 valence electrons. The third-order valence-corrected chi connectivity index (χ3v) is 7.03. The zero-order chi connectivity index (χ0) is 27.9. The Morgan fingerprint density at radius 1 is 1.26 bits per heavy atom. The van der Waals surface area contributed by atoms with Crippen molar-refractivity contribution in [3.8, 4) is 0 Å². The van der Waals surface area contributed by atoms with Crippen molar-refractivity contribution in [2.24, 2.45) is 10.7 Å². The first-order valence-corrected chi connectivity index (χ1v) is 14.3. The number of alkyl carbamates (subject to hydrolysis) is 1. The Morgan fingerprint density at radius 2 is 2.03 bits per heavy atom. The molecule has 2 heterocycles. The number of ether oxygens (including phenoxy) is 1. The average molecular weight is 565 g/mol. The monoisotopic (exact) mass is 564 g/mol. The highest BCUT2D eigenvalue weighted by Crippen LogP contribution is 2.30. The number of amidine groups is 1. The summed E-state index contributed by atoms with van der Waals surface area (Å²) in [6.07, 6.45) is 3.22. The van der Waals surface area contributed by atoms with Gasteiger partial charge in [-0.25, -0.2) is 28.3 Å². The minimum absolute atomic E-state index is 0.0143. The van der Waals surface area contributed by atoms with Gasteiger partial charge in [0.15, 0.2) is 5.13 Å². The Bertz CT molecular complexity index is 1320. The van der Waals surface area contributed by atoms with E-state index in [1.807, 2.05) is 6.92 Å². The zero-order valence-corrected chi connectivity index (χ0v) is 23.3. The number of nitrogens with one attached hydrogen (secondary N) is 2. The maximum atomic E-state index is 13.3. The SMILES string of the molecule is CCCN(OCCNC(=O)OC(C)(C)C)C(=O)C1=Cc2ccc(S(=O)(=O)Nc3nccs3)cc2N=C(N)C1. The molecule has 12 nitrogen and oxygen atoms in total. The van der Waals surface area contributed by atoms with Crippen LogP contribution in [-0.2, 0) is 24.4 Å². The van der Waals surface area contributed by atoms with Crippen molar-refractivity contribution >= 4 is 56.1 Å².